The fourth-order valence-electron chi connectivity index (χ4n) is 3.75. The van der Waals surface area contributed by atoms with E-state index in [0.29, 0.717) is 23.7 Å². The highest BCUT2D eigenvalue weighted by atomic mass is 16.6. The lowest BCUT2D eigenvalue weighted by Gasteiger charge is -2.13. The van der Waals surface area contributed by atoms with Crippen molar-refractivity contribution in [1.29, 1.82) is 0 Å². The first-order chi connectivity index (χ1) is 14.6. The molecule has 0 bridgehead atoms. The van der Waals surface area contributed by atoms with Gasteiger partial charge < -0.3 is 14.8 Å². The predicted octanol–water partition coefficient (Wildman–Crippen LogP) is 4.24. The molecular weight excluding hydrogens is 380 g/mol. The topological polar surface area (TPSA) is 78.3 Å². The van der Waals surface area contributed by atoms with Crippen LogP contribution in [-0.4, -0.2) is 39.9 Å². The summed E-state index contributed by atoms with van der Waals surface area (Å²) in [6.07, 6.45) is 4.17. The van der Waals surface area contributed by atoms with Gasteiger partial charge in [-0.1, -0.05) is 13.0 Å². The number of benzene rings is 1. The third-order valence-corrected chi connectivity index (χ3v) is 5.79. The smallest absolute Gasteiger partial charge is 0.420 e. The zero-order valence-electron chi connectivity index (χ0n) is 17.4. The Morgan fingerprint density at radius 1 is 1.33 bits per heavy atom. The highest BCUT2D eigenvalue weighted by Crippen LogP contribution is 2.41. The highest BCUT2D eigenvalue weighted by molar-refractivity contribution is 5.88. The average molecular weight is 406 g/mol. The van der Waals surface area contributed by atoms with Gasteiger partial charge in [0.15, 0.2) is 5.65 Å². The summed E-state index contributed by atoms with van der Waals surface area (Å²) in [5.74, 6) is 1.99. The van der Waals surface area contributed by atoms with Crippen LogP contribution in [0, 0.1) is 0 Å². The van der Waals surface area contributed by atoms with E-state index in [1.807, 2.05) is 38.2 Å². The minimum atomic E-state index is -0.368. The van der Waals surface area contributed by atoms with Crippen LogP contribution in [0.5, 0.6) is 5.75 Å². The summed E-state index contributed by atoms with van der Waals surface area (Å²) in [5.41, 5.74) is 4.38. The monoisotopic (exact) mass is 406 g/mol. The fourth-order valence-corrected chi connectivity index (χ4v) is 3.75. The van der Waals surface area contributed by atoms with Crippen LogP contribution in [0.1, 0.15) is 50.4 Å². The number of ether oxygens (including phenoxy) is 2. The van der Waals surface area contributed by atoms with Gasteiger partial charge in [-0.15, -0.1) is 0 Å². The first kappa shape index (κ1) is 19.1. The van der Waals surface area contributed by atoms with Gasteiger partial charge in [-0.3, -0.25) is 0 Å². The first-order valence-electron chi connectivity index (χ1n) is 10.7. The molecule has 3 aromatic rings. The summed E-state index contributed by atoms with van der Waals surface area (Å²) in [6.45, 7) is 6.18. The van der Waals surface area contributed by atoms with Crippen molar-refractivity contribution >= 4 is 17.3 Å². The molecule has 30 heavy (non-hydrogen) atoms. The zero-order chi connectivity index (χ0) is 20.7. The van der Waals surface area contributed by atoms with Crippen molar-refractivity contribution < 1.29 is 14.3 Å². The second kappa shape index (κ2) is 7.72. The largest absolute Gasteiger partial charge is 0.492 e. The van der Waals surface area contributed by atoms with Crippen molar-refractivity contribution in [2.45, 2.75) is 51.7 Å². The number of carbonyl (C=O) groups excluding carboxylic acids is 1. The van der Waals surface area contributed by atoms with Gasteiger partial charge in [0, 0.05) is 36.3 Å². The Bertz CT molecular complexity index is 1100. The van der Waals surface area contributed by atoms with E-state index in [4.69, 9.17) is 9.47 Å². The number of imidazole rings is 1. The molecule has 1 aliphatic carbocycles. The molecule has 0 saturated heterocycles. The summed E-state index contributed by atoms with van der Waals surface area (Å²) < 4.78 is 13.1. The van der Waals surface area contributed by atoms with Crippen LogP contribution in [0.2, 0.25) is 0 Å². The van der Waals surface area contributed by atoms with Crippen molar-refractivity contribution in [2.24, 2.45) is 0 Å². The standard InChI is InChI=1S/C23H26N4O3/c1-3-14(2)30-23(28)27-19-11-17(13-25-21(19)26-22(27)15-4-5-15)16-6-7-20-18(10-16)12-24-8-9-29-20/h6-7,10-11,13-15,24H,3-5,8-9,12H2,1-2H3. The van der Waals surface area contributed by atoms with Crippen molar-refractivity contribution in [1.82, 2.24) is 19.9 Å². The van der Waals surface area contributed by atoms with Crippen molar-refractivity contribution in [3.63, 3.8) is 0 Å². The van der Waals surface area contributed by atoms with Gasteiger partial charge in [-0.05, 0) is 49.9 Å². The van der Waals surface area contributed by atoms with Gasteiger partial charge in [0.1, 0.15) is 24.3 Å². The molecule has 0 amide bonds. The van der Waals surface area contributed by atoms with Gasteiger partial charge in [0.2, 0.25) is 0 Å². The number of nitrogens with zero attached hydrogens (tertiary/aromatic N) is 3. The Morgan fingerprint density at radius 3 is 3.00 bits per heavy atom. The molecule has 2 aliphatic rings. The molecule has 2 aromatic heterocycles. The molecule has 1 N–H and O–H groups in total. The van der Waals surface area contributed by atoms with Gasteiger partial charge in [-0.2, -0.15) is 0 Å². The van der Waals surface area contributed by atoms with Crippen molar-refractivity contribution in [3.8, 4) is 16.9 Å². The molecule has 1 fully saturated rings. The van der Waals surface area contributed by atoms with E-state index in [0.717, 1.165) is 60.6 Å². The van der Waals surface area contributed by atoms with Crippen LogP contribution in [0.25, 0.3) is 22.3 Å². The minimum absolute atomic E-state index is 0.143. The second-order valence-corrected chi connectivity index (χ2v) is 8.10. The number of nitrogens with one attached hydrogen (secondary N) is 1. The predicted molar refractivity (Wildman–Crippen MR) is 114 cm³/mol. The normalized spacial score (nSPS) is 17.1. The summed E-state index contributed by atoms with van der Waals surface area (Å²) in [5, 5.41) is 3.37. The van der Waals surface area contributed by atoms with E-state index in [2.05, 4.69) is 21.4 Å². The molecule has 1 aromatic carbocycles. The molecule has 1 atom stereocenters. The van der Waals surface area contributed by atoms with Crippen molar-refractivity contribution in [2.75, 3.05) is 13.2 Å². The lowest BCUT2D eigenvalue weighted by atomic mass is 10.0. The maximum Gasteiger partial charge on any atom is 0.420 e. The SMILES string of the molecule is CCC(C)OC(=O)n1c(C2CC2)nc2ncc(-c3ccc4c(c3)CNCCO4)cc21. The molecule has 7 heteroatoms. The molecule has 156 valence electrons. The van der Waals surface area contributed by atoms with Gasteiger partial charge in [-0.25, -0.2) is 19.3 Å². The maximum absolute atomic E-state index is 13.0. The van der Waals surface area contributed by atoms with Crippen molar-refractivity contribution in [3.05, 3.63) is 41.9 Å². The Labute approximate surface area is 175 Å². The molecule has 1 saturated carbocycles. The summed E-state index contributed by atoms with van der Waals surface area (Å²) in [7, 11) is 0. The molecule has 0 spiro atoms. The molecule has 3 heterocycles. The average Bonchev–Trinajstić information content (AvgIpc) is 3.56. The van der Waals surface area contributed by atoms with Gasteiger partial charge in [0.05, 0.1) is 5.52 Å². The molecule has 1 aliphatic heterocycles. The van der Waals surface area contributed by atoms with E-state index >= 15 is 0 Å². The Balaban J connectivity index is 1.57. The quantitative estimate of drug-likeness (QED) is 0.698. The Hall–Kier alpha value is -2.93. The van der Waals surface area contributed by atoms with Crippen LogP contribution in [0.4, 0.5) is 4.79 Å². The molecule has 7 nitrogen and oxygen atoms in total. The van der Waals surface area contributed by atoms with E-state index in [1.54, 1.807) is 4.57 Å². The van der Waals surface area contributed by atoms with E-state index in [1.165, 1.54) is 0 Å². The summed E-state index contributed by atoms with van der Waals surface area (Å²) in [4.78, 5) is 22.2. The Kier molecular flexibility index (Phi) is 4.90. The van der Waals surface area contributed by atoms with Crippen LogP contribution in [0.3, 0.4) is 0 Å². The van der Waals surface area contributed by atoms with E-state index < -0.39 is 0 Å². The minimum Gasteiger partial charge on any atom is -0.492 e. The Morgan fingerprint density at radius 2 is 2.20 bits per heavy atom. The van der Waals surface area contributed by atoms with E-state index in [9.17, 15) is 4.79 Å². The molecule has 1 unspecified atom stereocenters. The summed E-state index contributed by atoms with van der Waals surface area (Å²) in [6, 6.07) is 8.15. The molecule has 0 radical (unpaired) electrons. The number of hydrogen-bond donors (Lipinski definition) is 1. The van der Waals surface area contributed by atoms with Crippen LogP contribution in [-0.2, 0) is 11.3 Å². The van der Waals surface area contributed by atoms with Gasteiger partial charge in [0.25, 0.3) is 0 Å². The number of carbonyl (C=O) groups is 1. The van der Waals surface area contributed by atoms with Crippen LogP contribution >= 0.6 is 0 Å². The van der Waals surface area contributed by atoms with Crippen LogP contribution < -0.4 is 10.1 Å². The third-order valence-electron chi connectivity index (χ3n) is 5.79. The third kappa shape index (κ3) is 3.54. The second-order valence-electron chi connectivity index (χ2n) is 8.10. The molecular formula is C23H26N4O3. The number of aromatic nitrogens is 3. The van der Waals surface area contributed by atoms with Gasteiger partial charge >= 0.3 is 6.09 Å². The maximum atomic E-state index is 13.0. The zero-order valence-corrected chi connectivity index (χ0v) is 17.4. The number of fused-ring (bicyclic) bond motifs is 2. The lowest BCUT2D eigenvalue weighted by molar-refractivity contribution is 0.106. The summed E-state index contributed by atoms with van der Waals surface area (Å²) >= 11 is 0. The first-order valence-corrected chi connectivity index (χ1v) is 10.7. The molecule has 5 rings (SSSR count). The number of hydrogen-bond acceptors (Lipinski definition) is 6. The number of rotatable bonds is 4. The number of pyridine rings is 1. The fraction of sp³-hybridized carbons (Fsp3) is 0.435. The lowest BCUT2D eigenvalue weighted by Crippen LogP contribution is -2.21. The van der Waals surface area contributed by atoms with Crippen LogP contribution in [0.15, 0.2) is 30.5 Å². The van der Waals surface area contributed by atoms with E-state index in [-0.39, 0.29) is 12.2 Å². The highest BCUT2D eigenvalue weighted by Gasteiger charge is 2.33.